The summed E-state index contributed by atoms with van der Waals surface area (Å²) in [5.74, 6) is -0.278. The summed E-state index contributed by atoms with van der Waals surface area (Å²) in [6.07, 6.45) is 2.07. The van der Waals surface area contributed by atoms with Gasteiger partial charge in [0.15, 0.2) is 0 Å². The molecule has 2 aliphatic rings. The Morgan fingerprint density at radius 1 is 1.00 bits per heavy atom. The predicted molar refractivity (Wildman–Crippen MR) is 162 cm³/mol. The number of pyridine rings is 1. The Hall–Kier alpha value is -3.45. The molecule has 0 radical (unpaired) electrons. The van der Waals surface area contributed by atoms with Gasteiger partial charge in [0.1, 0.15) is 12.4 Å². The first-order valence-corrected chi connectivity index (χ1v) is 15.1. The number of carboxylic acid groups (broad SMARTS) is 1. The van der Waals surface area contributed by atoms with Crippen molar-refractivity contribution >= 4 is 39.4 Å². The SMILES string of the molecule is Cn1cc(-c2c(COc3cccc4ccccc34)c(CN3CCOCC3)c(=O)n3c2SC[C@H]3C(=O)[O-])c2ccccc21.[Li+]. The van der Waals surface area contributed by atoms with Gasteiger partial charge in [0.25, 0.3) is 5.56 Å². The van der Waals surface area contributed by atoms with Gasteiger partial charge in [-0.2, -0.15) is 0 Å². The van der Waals surface area contributed by atoms with Crippen LogP contribution in [0.5, 0.6) is 5.75 Å². The number of carbonyl (C=O) groups excluding carboxylic acids is 1. The molecule has 0 spiro atoms. The van der Waals surface area contributed by atoms with Crippen molar-refractivity contribution in [2.75, 3.05) is 32.1 Å². The molecule has 0 amide bonds. The molecule has 2 aromatic heterocycles. The molecule has 0 N–H and O–H groups in total. The summed E-state index contributed by atoms with van der Waals surface area (Å²) in [4.78, 5) is 28.7. The minimum Gasteiger partial charge on any atom is -0.548 e. The fraction of sp³-hybridized carbons (Fsp3) is 0.273. The van der Waals surface area contributed by atoms with Crippen LogP contribution in [0, 0.1) is 0 Å². The zero-order valence-electron chi connectivity index (χ0n) is 24.2. The van der Waals surface area contributed by atoms with Crippen molar-refractivity contribution in [3.8, 4) is 16.9 Å². The summed E-state index contributed by atoms with van der Waals surface area (Å²) in [6, 6.07) is 21.1. The van der Waals surface area contributed by atoms with Crippen molar-refractivity contribution in [2.45, 2.75) is 24.2 Å². The third-order valence-electron chi connectivity index (χ3n) is 8.31. The van der Waals surface area contributed by atoms with Crippen molar-refractivity contribution in [2.24, 2.45) is 7.05 Å². The van der Waals surface area contributed by atoms with Crippen LogP contribution >= 0.6 is 11.8 Å². The van der Waals surface area contributed by atoms with Crippen LogP contribution in [0.3, 0.4) is 0 Å². The van der Waals surface area contributed by atoms with Gasteiger partial charge in [-0.3, -0.25) is 14.3 Å². The van der Waals surface area contributed by atoms with Gasteiger partial charge in [0.2, 0.25) is 0 Å². The van der Waals surface area contributed by atoms with Crippen LogP contribution in [0.15, 0.2) is 82.7 Å². The molecule has 4 heterocycles. The van der Waals surface area contributed by atoms with Crippen molar-refractivity contribution in [3.63, 3.8) is 0 Å². The Labute approximate surface area is 265 Å². The van der Waals surface area contributed by atoms with Crippen LogP contribution in [0.4, 0.5) is 0 Å². The number of benzene rings is 3. The van der Waals surface area contributed by atoms with Gasteiger partial charge < -0.3 is 23.9 Å². The second-order valence-corrected chi connectivity index (χ2v) is 11.8. The third-order valence-corrected chi connectivity index (χ3v) is 9.47. The summed E-state index contributed by atoms with van der Waals surface area (Å²) < 4.78 is 15.7. The number of hydrogen-bond donors (Lipinski definition) is 0. The molecule has 3 aromatic carbocycles. The van der Waals surface area contributed by atoms with E-state index in [9.17, 15) is 14.7 Å². The topological polar surface area (TPSA) is 88.8 Å². The van der Waals surface area contributed by atoms with E-state index in [0.717, 1.165) is 44.1 Å². The first-order chi connectivity index (χ1) is 20.5. The van der Waals surface area contributed by atoms with Crippen molar-refractivity contribution in [1.82, 2.24) is 14.0 Å². The van der Waals surface area contributed by atoms with Gasteiger partial charge >= 0.3 is 18.9 Å². The van der Waals surface area contributed by atoms with Crippen molar-refractivity contribution < 1.29 is 38.2 Å². The number of thioether (sulfide) groups is 1. The van der Waals surface area contributed by atoms with Crippen LogP contribution in [0.25, 0.3) is 32.8 Å². The molecule has 1 atom stereocenters. The maximum atomic E-state index is 14.3. The normalized spacial score (nSPS) is 16.7. The molecule has 0 unspecified atom stereocenters. The molecule has 10 heteroatoms. The van der Waals surface area contributed by atoms with Crippen LogP contribution in [-0.4, -0.2) is 52.1 Å². The number of para-hydroxylation sites is 1. The van der Waals surface area contributed by atoms with Gasteiger partial charge in [0, 0.05) is 77.2 Å². The number of morpholine rings is 1. The fourth-order valence-corrected chi connectivity index (χ4v) is 7.52. The van der Waals surface area contributed by atoms with Gasteiger partial charge in [-0.25, -0.2) is 0 Å². The number of nitrogens with zero attached hydrogens (tertiary/aromatic N) is 3. The first-order valence-electron chi connectivity index (χ1n) is 14.1. The maximum absolute atomic E-state index is 14.3. The van der Waals surface area contributed by atoms with E-state index in [-0.39, 0.29) is 36.8 Å². The number of hydrogen-bond acceptors (Lipinski definition) is 7. The molecule has 7 rings (SSSR count). The van der Waals surface area contributed by atoms with Gasteiger partial charge in [0.05, 0.1) is 30.3 Å². The van der Waals surface area contributed by atoms with Crippen LogP contribution in [-0.2, 0) is 29.7 Å². The summed E-state index contributed by atoms with van der Waals surface area (Å²) in [6.45, 7) is 3.08. The molecule has 2 aliphatic heterocycles. The quantitative estimate of drug-likeness (QED) is 0.262. The Balaban J connectivity index is 0.00000329. The zero-order chi connectivity index (χ0) is 28.8. The minimum atomic E-state index is -1.25. The largest absolute Gasteiger partial charge is 1.00 e. The van der Waals surface area contributed by atoms with E-state index < -0.39 is 12.0 Å². The Morgan fingerprint density at radius 2 is 1.72 bits per heavy atom. The molecule has 1 saturated heterocycles. The van der Waals surface area contributed by atoms with E-state index in [1.807, 2.05) is 61.6 Å². The molecule has 0 bridgehead atoms. The molecular formula is C33H30LiN3O5S. The second-order valence-electron chi connectivity index (χ2n) is 10.8. The number of aromatic nitrogens is 2. The molecular weight excluding hydrogens is 557 g/mol. The summed E-state index contributed by atoms with van der Waals surface area (Å²) >= 11 is 1.39. The zero-order valence-corrected chi connectivity index (χ0v) is 25.1. The van der Waals surface area contributed by atoms with Crippen molar-refractivity contribution in [3.05, 3.63) is 94.4 Å². The Bertz CT molecular complexity index is 1890. The Kier molecular flexibility index (Phi) is 8.45. The third kappa shape index (κ3) is 5.30. The van der Waals surface area contributed by atoms with Gasteiger partial charge in [-0.15, -0.1) is 11.8 Å². The maximum Gasteiger partial charge on any atom is 1.00 e. The van der Waals surface area contributed by atoms with E-state index in [4.69, 9.17) is 9.47 Å². The molecule has 43 heavy (non-hydrogen) atoms. The fourth-order valence-electron chi connectivity index (χ4n) is 6.19. The van der Waals surface area contributed by atoms with E-state index in [1.165, 1.54) is 16.3 Å². The molecule has 0 saturated carbocycles. The molecule has 0 aliphatic carbocycles. The van der Waals surface area contributed by atoms with E-state index in [0.29, 0.717) is 43.4 Å². The number of ether oxygens (including phenoxy) is 2. The number of carboxylic acids is 1. The van der Waals surface area contributed by atoms with E-state index >= 15 is 0 Å². The minimum absolute atomic E-state index is 0. The smallest absolute Gasteiger partial charge is 0.548 e. The van der Waals surface area contributed by atoms with E-state index in [2.05, 4.69) is 27.8 Å². The molecule has 8 nitrogen and oxygen atoms in total. The van der Waals surface area contributed by atoms with Gasteiger partial charge in [-0.1, -0.05) is 54.6 Å². The average Bonchev–Trinajstić information content (AvgIpc) is 3.60. The van der Waals surface area contributed by atoms with Crippen LogP contribution in [0.1, 0.15) is 17.2 Å². The van der Waals surface area contributed by atoms with Crippen LogP contribution in [0.2, 0.25) is 0 Å². The molecule has 5 aromatic rings. The van der Waals surface area contributed by atoms with Crippen molar-refractivity contribution in [1.29, 1.82) is 0 Å². The number of fused-ring (bicyclic) bond motifs is 3. The number of aliphatic carboxylic acids is 1. The summed E-state index contributed by atoms with van der Waals surface area (Å²) in [7, 11) is 2.00. The molecule has 214 valence electrons. The van der Waals surface area contributed by atoms with E-state index in [1.54, 1.807) is 0 Å². The average molecular weight is 588 g/mol. The number of aryl methyl sites for hydroxylation is 1. The Morgan fingerprint density at radius 3 is 2.51 bits per heavy atom. The monoisotopic (exact) mass is 587 g/mol. The first kappa shape index (κ1) is 29.6. The molecule has 1 fully saturated rings. The van der Waals surface area contributed by atoms with Crippen LogP contribution < -0.4 is 34.3 Å². The summed E-state index contributed by atoms with van der Waals surface area (Å²) in [5, 5.41) is 16.0. The predicted octanol–water partition coefficient (Wildman–Crippen LogP) is 0.972. The standard InChI is InChI=1S/C33H31N3O5S.Li/c1-34-17-24(23-10-4-5-11-27(23)34)30-26(19-41-29-12-6-8-21-7-2-3-9-22(21)29)25(18-35-13-15-40-16-14-35)31(37)36-28(33(38)39)20-42-32(30)36;/h2-12,17,28H,13-16,18-20H2,1H3,(H,38,39);/q;+1/p-1/t28-;/m0./s1. The number of rotatable bonds is 7. The second kappa shape index (κ2) is 12.3. The van der Waals surface area contributed by atoms with Gasteiger partial charge in [-0.05, 0) is 17.5 Å². The number of carbonyl (C=O) groups is 1. The summed E-state index contributed by atoms with van der Waals surface area (Å²) in [5.41, 5.74) is 3.89.